The summed E-state index contributed by atoms with van der Waals surface area (Å²) in [5, 5.41) is 1.41. The summed E-state index contributed by atoms with van der Waals surface area (Å²) >= 11 is 0. The summed E-state index contributed by atoms with van der Waals surface area (Å²) in [5.74, 6) is -0.426. The van der Waals surface area contributed by atoms with Crippen molar-refractivity contribution in [2.24, 2.45) is 0 Å². The lowest BCUT2D eigenvalue weighted by Gasteiger charge is -2.24. The molecular weight excluding hydrogens is 403 g/mol. The first-order valence-corrected chi connectivity index (χ1v) is 10.3. The van der Waals surface area contributed by atoms with Gasteiger partial charge in [-0.2, -0.15) is 0 Å². The molecule has 0 aliphatic carbocycles. The number of hydrogen-bond donors (Lipinski definition) is 1. The third-order valence-electron chi connectivity index (χ3n) is 5.25. The van der Waals surface area contributed by atoms with E-state index >= 15 is 0 Å². The predicted octanol–water partition coefficient (Wildman–Crippen LogP) is 3.13. The SMILES string of the molecule is C[C@H]1CN(c2ccc(N3CCNN(C(=O)OCc4ccccc4)CC3)c(F)c2)C(=O)O1. The number of nitrogens with zero attached hydrogens (tertiary/aromatic N) is 3. The van der Waals surface area contributed by atoms with Crippen LogP contribution in [0.1, 0.15) is 12.5 Å². The number of nitrogens with one attached hydrogen (secondary N) is 1. The van der Waals surface area contributed by atoms with Gasteiger partial charge in [0, 0.05) is 19.6 Å². The molecular formula is C22H25FN4O4. The van der Waals surface area contributed by atoms with Gasteiger partial charge < -0.3 is 14.4 Å². The molecule has 0 aromatic heterocycles. The number of ether oxygens (including phenoxy) is 2. The number of hydrogen-bond acceptors (Lipinski definition) is 6. The number of carbonyl (C=O) groups is 2. The van der Waals surface area contributed by atoms with Crippen LogP contribution in [0.4, 0.5) is 25.4 Å². The maximum atomic E-state index is 14.9. The molecule has 1 atom stereocenters. The Morgan fingerprint density at radius 1 is 1.19 bits per heavy atom. The zero-order valence-electron chi connectivity index (χ0n) is 17.3. The van der Waals surface area contributed by atoms with E-state index in [1.807, 2.05) is 35.2 Å². The average Bonchev–Trinajstić information content (AvgIpc) is 2.96. The normalized spacial score (nSPS) is 19.2. The molecule has 2 aliphatic heterocycles. The third kappa shape index (κ3) is 4.88. The Bertz CT molecular complexity index is 942. The Balaban J connectivity index is 1.36. The lowest BCUT2D eigenvalue weighted by Crippen LogP contribution is -2.43. The van der Waals surface area contributed by atoms with Crippen LogP contribution < -0.4 is 15.2 Å². The van der Waals surface area contributed by atoms with Crippen LogP contribution in [0.3, 0.4) is 0 Å². The molecule has 0 bridgehead atoms. The molecule has 164 valence electrons. The van der Waals surface area contributed by atoms with Gasteiger partial charge in [0.2, 0.25) is 0 Å². The molecule has 0 spiro atoms. The van der Waals surface area contributed by atoms with Gasteiger partial charge in [-0.3, -0.25) is 4.90 Å². The van der Waals surface area contributed by atoms with Gasteiger partial charge in [0.15, 0.2) is 0 Å². The number of cyclic esters (lactones) is 1. The van der Waals surface area contributed by atoms with Gasteiger partial charge in [-0.1, -0.05) is 30.3 Å². The fourth-order valence-corrected chi connectivity index (χ4v) is 3.66. The first kappa shape index (κ1) is 20.9. The van der Waals surface area contributed by atoms with Gasteiger partial charge in [-0.15, -0.1) is 0 Å². The van der Waals surface area contributed by atoms with E-state index in [1.54, 1.807) is 19.1 Å². The summed E-state index contributed by atoms with van der Waals surface area (Å²) in [6.07, 6.45) is -1.16. The second-order valence-corrected chi connectivity index (χ2v) is 7.53. The molecule has 2 amide bonds. The molecule has 0 radical (unpaired) electrons. The fraction of sp³-hybridized carbons (Fsp3) is 0.364. The summed E-state index contributed by atoms with van der Waals surface area (Å²) in [7, 11) is 0. The zero-order valence-corrected chi connectivity index (χ0v) is 17.3. The highest BCUT2D eigenvalue weighted by atomic mass is 19.1. The summed E-state index contributed by atoms with van der Waals surface area (Å²) < 4.78 is 25.3. The quantitative estimate of drug-likeness (QED) is 0.807. The number of amides is 2. The fourth-order valence-electron chi connectivity index (χ4n) is 3.66. The Morgan fingerprint density at radius 2 is 2.00 bits per heavy atom. The second kappa shape index (κ2) is 9.22. The smallest absolute Gasteiger partial charge is 0.424 e. The van der Waals surface area contributed by atoms with Gasteiger partial charge in [0.25, 0.3) is 0 Å². The number of halogens is 1. The largest absolute Gasteiger partial charge is 0.444 e. The van der Waals surface area contributed by atoms with Crippen LogP contribution in [-0.4, -0.2) is 56.0 Å². The highest BCUT2D eigenvalue weighted by Crippen LogP contribution is 2.28. The Morgan fingerprint density at radius 3 is 2.71 bits per heavy atom. The van der Waals surface area contributed by atoms with E-state index in [0.29, 0.717) is 44.1 Å². The predicted molar refractivity (Wildman–Crippen MR) is 113 cm³/mol. The number of carbonyl (C=O) groups excluding carboxylic acids is 2. The molecule has 2 aliphatic rings. The van der Waals surface area contributed by atoms with Crippen molar-refractivity contribution in [2.75, 3.05) is 42.5 Å². The minimum atomic E-state index is -0.469. The molecule has 1 N–H and O–H groups in total. The van der Waals surface area contributed by atoms with Crippen LogP contribution in [-0.2, 0) is 16.1 Å². The lowest BCUT2D eigenvalue weighted by molar-refractivity contribution is 0.0813. The Kier molecular flexibility index (Phi) is 6.22. The van der Waals surface area contributed by atoms with Crippen LogP contribution in [0.2, 0.25) is 0 Å². The molecule has 2 aromatic rings. The molecule has 2 heterocycles. The van der Waals surface area contributed by atoms with Crippen molar-refractivity contribution < 1.29 is 23.5 Å². The standard InChI is InChI=1S/C22H25FN4O4/c1-16-14-26(21(28)31-16)18-7-8-20(19(23)13-18)25-10-9-24-27(12-11-25)22(29)30-15-17-5-3-2-4-6-17/h2-8,13,16,24H,9-12,14-15H2,1H3/t16-/m0/s1. The zero-order chi connectivity index (χ0) is 21.8. The molecule has 31 heavy (non-hydrogen) atoms. The molecule has 8 nitrogen and oxygen atoms in total. The maximum Gasteiger partial charge on any atom is 0.424 e. The van der Waals surface area contributed by atoms with Crippen molar-refractivity contribution in [2.45, 2.75) is 19.6 Å². The summed E-state index contributed by atoms with van der Waals surface area (Å²) in [4.78, 5) is 27.6. The van der Waals surface area contributed by atoms with Crippen molar-refractivity contribution in [3.05, 3.63) is 59.9 Å². The van der Waals surface area contributed by atoms with Crippen LogP contribution in [0, 0.1) is 5.82 Å². The van der Waals surface area contributed by atoms with Gasteiger partial charge in [-0.05, 0) is 30.7 Å². The minimum absolute atomic E-state index is 0.190. The minimum Gasteiger partial charge on any atom is -0.444 e. The van der Waals surface area contributed by atoms with E-state index in [9.17, 15) is 14.0 Å². The summed E-state index contributed by atoms with van der Waals surface area (Å²) in [5.41, 5.74) is 4.83. The maximum absolute atomic E-state index is 14.9. The van der Waals surface area contributed by atoms with Crippen molar-refractivity contribution >= 4 is 23.6 Å². The van der Waals surface area contributed by atoms with E-state index in [-0.39, 0.29) is 12.7 Å². The van der Waals surface area contributed by atoms with E-state index in [2.05, 4.69) is 5.43 Å². The van der Waals surface area contributed by atoms with E-state index in [1.165, 1.54) is 16.0 Å². The molecule has 0 saturated carbocycles. The van der Waals surface area contributed by atoms with Crippen molar-refractivity contribution in [3.63, 3.8) is 0 Å². The monoisotopic (exact) mass is 428 g/mol. The van der Waals surface area contributed by atoms with Crippen LogP contribution in [0.5, 0.6) is 0 Å². The van der Waals surface area contributed by atoms with Crippen molar-refractivity contribution in [1.82, 2.24) is 10.4 Å². The first-order valence-electron chi connectivity index (χ1n) is 10.3. The number of anilines is 2. The third-order valence-corrected chi connectivity index (χ3v) is 5.25. The molecule has 4 rings (SSSR count). The van der Waals surface area contributed by atoms with Gasteiger partial charge in [0.05, 0.1) is 24.5 Å². The molecule has 2 fully saturated rings. The second-order valence-electron chi connectivity index (χ2n) is 7.53. The van der Waals surface area contributed by atoms with Gasteiger partial charge >= 0.3 is 12.2 Å². The van der Waals surface area contributed by atoms with Crippen molar-refractivity contribution in [1.29, 1.82) is 0 Å². The number of hydrazine groups is 1. The van der Waals surface area contributed by atoms with Crippen LogP contribution >= 0.6 is 0 Å². The summed E-state index contributed by atoms with van der Waals surface area (Å²) in [6, 6.07) is 14.2. The highest BCUT2D eigenvalue weighted by molar-refractivity contribution is 5.90. The Labute approximate surface area is 180 Å². The topological polar surface area (TPSA) is 74.4 Å². The number of rotatable bonds is 4. The molecule has 9 heteroatoms. The van der Waals surface area contributed by atoms with E-state index in [4.69, 9.17) is 9.47 Å². The first-order chi connectivity index (χ1) is 15.0. The molecule has 2 saturated heterocycles. The molecule has 0 unspecified atom stereocenters. The lowest BCUT2D eigenvalue weighted by atomic mass is 10.2. The summed E-state index contributed by atoms with van der Waals surface area (Å²) in [6.45, 7) is 4.13. The van der Waals surface area contributed by atoms with Gasteiger partial charge in [-0.25, -0.2) is 24.4 Å². The van der Waals surface area contributed by atoms with Gasteiger partial charge in [0.1, 0.15) is 18.5 Å². The van der Waals surface area contributed by atoms with Crippen LogP contribution in [0.15, 0.2) is 48.5 Å². The van der Waals surface area contributed by atoms with E-state index in [0.717, 1.165) is 5.56 Å². The Hall–Kier alpha value is -3.33. The molecule has 2 aromatic carbocycles. The van der Waals surface area contributed by atoms with Crippen LogP contribution in [0.25, 0.3) is 0 Å². The number of benzene rings is 2. The van der Waals surface area contributed by atoms with E-state index < -0.39 is 18.0 Å². The highest BCUT2D eigenvalue weighted by Gasteiger charge is 2.30. The average molecular weight is 428 g/mol. The van der Waals surface area contributed by atoms with Crippen molar-refractivity contribution in [3.8, 4) is 0 Å².